The lowest BCUT2D eigenvalue weighted by molar-refractivity contribution is 0.0517. The first kappa shape index (κ1) is 21.3. The van der Waals surface area contributed by atoms with E-state index in [9.17, 15) is 13.2 Å². The molecule has 0 radical (unpaired) electrons. The van der Waals surface area contributed by atoms with Crippen LogP contribution in [0.4, 0.5) is 0 Å². The van der Waals surface area contributed by atoms with Crippen molar-refractivity contribution in [1.82, 2.24) is 14.1 Å². The van der Waals surface area contributed by atoms with E-state index >= 15 is 0 Å². The highest BCUT2D eigenvalue weighted by molar-refractivity contribution is 7.89. The van der Waals surface area contributed by atoms with E-state index in [0.29, 0.717) is 18.5 Å². The molecule has 0 aliphatic carbocycles. The Morgan fingerprint density at radius 3 is 2.52 bits per heavy atom. The van der Waals surface area contributed by atoms with E-state index in [-0.39, 0.29) is 23.7 Å². The number of sulfonamides is 1. The highest BCUT2D eigenvalue weighted by atomic mass is 32.2. The van der Waals surface area contributed by atoms with Gasteiger partial charge in [-0.1, -0.05) is 24.3 Å². The Morgan fingerprint density at radius 1 is 1.10 bits per heavy atom. The van der Waals surface area contributed by atoms with E-state index in [1.807, 2.05) is 50.2 Å². The average molecular weight is 440 g/mol. The number of carbonyl (C=O) groups excluding carboxylic acids is 1. The van der Waals surface area contributed by atoms with Crippen LogP contribution in [0.2, 0.25) is 0 Å². The van der Waals surface area contributed by atoms with Gasteiger partial charge in [0, 0.05) is 25.1 Å². The van der Waals surface area contributed by atoms with Crippen LogP contribution in [-0.2, 0) is 27.7 Å². The number of nitrogens with zero attached hydrogens (tertiary/aromatic N) is 3. The van der Waals surface area contributed by atoms with Crippen molar-refractivity contribution < 1.29 is 17.9 Å². The highest BCUT2D eigenvalue weighted by Crippen LogP contribution is 2.30. The number of esters is 1. The van der Waals surface area contributed by atoms with E-state index in [4.69, 9.17) is 4.74 Å². The van der Waals surface area contributed by atoms with Crippen LogP contribution < -0.4 is 0 Å². The summed E-state index contributed by atoms with van der Waals surface area (Å²) in [5, 5.41) is 4.52. The zero-order valence-corrected chi connectivity index (χ0v) is 18.6. The van der Waals surface area contributed by atoms with Gasteiger partial charge in [0.25, 0.3) is 0 Å². The largest absolute Gasteiger partial charge is 0.461 e. The molecule has 31 heavy (non-hydrogen) atoms. The molecule has 8 heteroatoms. The van der Waals surface area contributed by atoms with Crippen molar-refractivity contribution in [3.05, 3.63) is 76.6 Å². The fourth-order valence-electron chi connectivity index (χ4n) is 3.77. The number of para-hydroxylation sites is 1. The topological polar surface area (TPSA) is 81.5 Å². The molecule has 7 nitrogen and oxygen atoms in total. The Morgan fingerprint density at radius 2 is 1.84 bits per heavy atom. The van der Waals surface area contributed by atoms with Gasteiger partial charge in [0.05, 0.1) is 22.9 Å². The molecule has 0 bridgehead atoms. The third-order valence-corrected chi connectivity index (χ3v) is 7.45. The molecular weight excluding hydrogens is 414 g/mol. The summed E-state index contributed by atoms with van der Waals surface area (Å²) in [6, 6.07) is 14.6. The minimum atomic E-state index is -3.71. The summed E-state index contributed by atoms with van der Waals surface area (Å²) in [5.41, 5.74) is 4.37. The summed E-state index contributed by atoms with van der Waals surface area (Å²) in [5.74, 6) is -0.543. The summed E-state index contributed by atoms with van der Waals surface area (Å²) < 4.78 is 35.0. The van der Waals surface area contributed by atoms with Gasteiger partial charge >= 0.3 is 5.97 Å². The second kappa shape index (κ2) is 8.28. The molecule has 1 aliphatic heterocycles. The number of hydrogen-bond acceptors (Lipinski definition) is 5. The minimum absolute atomic E-state index is 0.0750. The van der Waals surface area contributed by atoms with Crippen molar-refractivity contribution in [3.63, 3.8) is 0 Å². The molecule has 2 aromatic carbocycles. The number of aromatic nitrogens is 2. The average Bonchev–Trinajstić information content (AvgIpc) is 3.15. The maximum absolute atomic E-state index is 13.3. The number of fused-ring (bicyclic) bond motifs is 1. The van der Waals surface area contributed by atoms with Gasteiger partial charge in [-0.15, -0.1) is 0 Å². The number of ether oxygens (including phenoxy) is 1. The lowest BCUT2D eigenvalue weighted by Crippen LogP contribution is -2.36. The molecule has 4 rings (SSSR count). The van der Waals surface area contributed by atoms with Crippen molar-refractivity contribution in [2.45, 2.75) is 38.6 Å². The molecule has 0 atom stereocenters. The normalized spacial score (nSPS) is 14.3. The number of hydrogen-bond donors (Lipinski definition) is 0. The second-order valence-electron chi connectivity index (χ2n) is 7.58. The van der Waals surface area contributed by atoms with E-state index in [0.717, 1.165) is 22.5 Å². The van der Waals surface area contributed by atoms with Crippen LogP contribution in [0.3, 0.4) is 0 Å². The van der Waals surface area contributed by atoms with Crippen LogP contribution in [-0.4, -0.2) is 41.6 Å². The molecular formula is C23H25N3O4S. The van der Waals surface area contributed by atoms with E-state index in [1.54, 1.807) is 23.7 Å². The molecule has 1 aromatic heterocycles. The standard InChI is InChI=1S/C23H25N3O4S/c1-4-30-23(27)22-20-15-25(31(28,29)19-11-10-16(2)17(3)14-19)13-12-21(20)26(24-22)18-8-6-5-7-9-18/h5-11,14H,4,12-13,15H2,1-3H3. The van der Waals surface area contributed by atoms with Crippen molar-refractivity contribution in [1.29, 1.82) is 0 Å². The number of carbonyl (C=O) groups is 1. The monoisotopic (exact) mass is 439 g/mol. The lowest BCUT2D eigenvalue weighted by atomic mass is 10.1. The summed E-state index contributed by atoms with van der Waals surface area (Å²) in [6.45, 7) is 6.17. The number of benzene rings is 2. The van der Waals surface area contributed by atoms with Gasteiger partial charge in [-0.3, -0.25) is 0 Å². The van der Waals surface area contributed by atoms with Gasteiger partial charge < -0.3 is 4.74 Å². The fraction of sp³-hybridized carbons (Fsp3) is 0.304. The molecule has 0 N–H and O–H groups in total. The first-order valence-electron chi connectivity index (χ1n) is 10.2. The van der Waals surface area contributed by atoms with E-state index in [1.165, 1.54) is 4.31 Å². The van der Waals surface area contributed by atoms with Crippen LogP contribution in [0, 0.1) is 13.8 Å². The molecule has 0 saturated carbocycles. The molecule has 0 unspecified atom stereocenters. The smallest absolute Gasteiger partial charge is 0.359 e. The Kier molecular flexibility index (Phi) is 5.68. The predicted octanol–water partition coefficient (Wildman–Crippen LogP) is 3.41. The third-order valence-electron chi connectivity index (χ3n) is 5.61. The Balaban J connectivity index is 1.76. The zero-order valence-electron chi connectivity index (χ0n) is 17.8. The third kappa shape index (κ3) is 3.88. The zero-order chi connectivity index (χ0) is 22.2. The van der Waals surface area contributed by atoms with Gasteiger partial charge in [0.15, 0.2) is 5.69 Å². The van der Waals surface area contributed by atoms with E-state index in [2.05, 4.69) is 5.10 Å². The van der Waals surface area contributed by atoms with Crippen LogP contribution in [0.5, 0.6) is 0 Å². The van der Waals surface area contributed by atoms with Gasteiger partial charge in [-0.25, -0.2) is 17.9 Å². The van der Waals surface area contributed by atoms with Crippen molar-refractivity contribution in [2.24, 2.45) is 0 Å². The van der Waals surface area contributed by atoms with Crippen LogP contribution in [0.25, 0.3) is 5.69 Å². The fourth-order valence-corrected chi connectivity index (χ4v) is 5.26. The van der Waals surface area contributed by atoms with Gasteiger partial charge in [-0.2, -0.15) is 9.40 Å². The molecule has 3 aromatic rings. The quantitative estimate of drug-likeness (QED) is 0.569. The number of rotatable bonds is 5. The minimum Gasteiger partial charge on any atom is -0.461 e. The SMILES string of the molecule is CCOC(=O)c1nn(-c2ccccc2)c2c1CN(S(=O)(=O)c1ccc(C)c(C)c1)CC2. The van der Waals surface area contributed by atoms with Crippen molar-refractivity contribution in [2.75, 3.05) is 13.2 Å². The first-order valence-corrected chi connectivity index (χ1v) is 11.7. The Labute approximate surface area is 182 Å². The van der Waals surface area contributed by atoms with Gasteiger partial charge in [-0.05, 0) is 56.2 Å². The van der Waals surface area contributed by atoms with Crippen molar-refractivity contribution >= 4 is 16.0 Å². The molecule has 2 heterocycles. The maximum Gasteiger partial charge on any atom is 0.359 e. The molecule has 162 valence electrons. The molecule has 0 spiro atoms. The summed E-state index contributed by atoms with van der Waals surface area (Å²) in [7, 11) is -3.71. The molecule has 1 aliphatic rings. The first-order chi connectivity index (χ1) is 14.8. The molecule has 0 saturated heterocycles. The maximum atomic E-state index is 13.3. The predicted molar refractivity (Wildman–Crippen MR) is 117 cm³/mol. The van der Waals surface area contributed by atoms with Gasteiger partial charge in [0.2, 0.25) is 10.0 Å². The Bertz CT molecular complexity index is 1230. The Hall–Kier alpha value is -2.97. The highest BCUT2D eigenvalue weighted by Gasteiger charge is 2.34. The molecule has 0 fully saturated rings. The van der Waals surface area contributed by atoms with Gasteiger partial charge in [0.1, 0.15) is 0 Å². The van der Waals surface area contributed by atoms with Crippen LogP contribution >= 0.6 is 0 Å². The lowest BCUT2D eigenvalue weighted by Gasteiger charge is -2.27. The van der Waals surface area contributed by atoms with Crippen LogP contribution in [0.1, 0.15) is 39.8 Å². The summed E-state index contributed by atoms with van der Waals surface area (Å²) in [4.78, 5) is 12.9. The molecule has 0 amide bonds. The second-order valence-corrected chi connectivity index (χ2v) is 9.51. The summed E-state index contributed by atoms with van der Waals surface area (Å²) in [6.07, 6.45) is 0.445. The van der Waals surface area contributed by atoms with Crippen molar-refractivity contribution in [3.8, 4) is 5.69 Å². The van der Waals surface area contributed by atoms with E-state index < -0.39 is 16.0 Å². The number of aryl methyl sites for hydroxylation is 2. The van der Waals surface area contributed by atoms with Crippen LogP contribution in [0.15, 0.2) is 53.4 Å². The summed E-state index contributed by atoms with van der Waals surface area (Å²) >= 11 is 0.